The van der Waals surface area contributed by atoms with Gasteiger partial charge >= 0.3 is 0 Å². The summed E-state index contributed by atoms with van der Waals surface area (Å²) in [6, 6.07) is 4.84. The first-order chi connectivity index (χ1) is 10.2. The second-order valence-electron chi connectivity index (χ2n) is 5.20. The maximum absolute atomic E-state index is 6.28. The average Bonchev–Trinajstić information content (AvgIpc) is 3.09. The highest BCUT2D eigenvalue weighted by Gasteiger charge is 2.18. The molecule has 0 spiro atoms. The molecule has 0 aliphatic carbocycles. The molecule has 0 aliphatic heterocycles. The van der Waals surface area contributed by atoms with E-state index in [-0.39, 0.29) is 6.04 Å². The highest BCUT2D eigenvalue weighted by molar-refractivity contribution is 7.10. The highest BCUT2D eigenvalue weighted by Crippen LogP contribution is 2.30. The van der Waals surface area contributed by atoms with Gasteiger partial charge in [0.25, 0.3) is 0 Å². The largest absolute Gasteiger partial charge is 0.309 e. The fourth-order valence-electron chi connectivity index (χ4n) is 2.62. The van der Waals surface area contributed by atoms with E-state index in [1.54, 1.807) is 11.3 Å². The zero-order chi connectivity index (χ0) is 15.2. The Morgan fingerprint density at radius 3 is 2.62 bits per heavy atom. The van der Waals surface area contributed by atoms with Crippen molar-refractivity contribution in [3.63, 3.8) is 0 Å². The van der Waals surface area contributed by atoms with E-state index < -0.39 is 0 Å². The topological polar surface area (TPSA) is 29.9 Å². The molecule has 5 heteroatoms. The molecule has 1 N–H and O–H groups in total. The van der Waals surface area contributed by atoms with Crippen LogP contribution < -0.4 is 5.32 Å². The second-order valence-corrected chi connectivity index (χ2v) is 6.56. The summed E-state index contributed by atoms with van der Waals surface area (Å²) in [4.78, 5) is 1.20. The number of halogens is 1. The lowest BCUT2D eigenvalue weighted by Gasteiger charge is -2.16. The van der Waals surface area contributed by atoms with Gasteiger partial charge in [0.1, 0.15) is 0 Å². The summed E-state index contributed by atoms with van der Waals surface area (Å²) in [5.41, 5.74) is 1.12. The lowest BCUT2D eigenvalue weighted by Crippen LogP contribution is -2.22. The number of nitrogens with zero attached hydrogens (tertiary/aromatic N) is 2. The van der Waals surface area contributed by atoms with Crippen molar-refractivity contribution in [3.8, 4) is 0 Å². The molecule has 0 aromatic carbocycles. The van der Waals surface area contributed by atoms with Crippen LogP contribution in [0, 0.1) is 0 Å². The predicted molar refractivity (Wildman–Crippen MR) is 91.3 cm³/mol. The Morgan fingerprint density at radius 1 is 1.29 bits per heavy atom. The van der Waals surface area contributed by atoms with Crippen LogP contribution in [-0.4, -0.2) is 16.3 Å². The van der Waals surface area contributed by atoms with Crippen LogP contribution in [0.1, 0.15) is 56.3 Å². The molecular formula is C16H24ClN3S. The molecule has 2 aromatic rings. The summed E-state index contributed by atoms with van der Waals surface area (Å²) in [7, 11) is 0. The maximum Gasteiger partial charge on any atom is 0.0644 e. The minimum absolute atomic E-state index is 0.243. The van der Waals surface area contributed by atoms with Crippen LogP contribution in [0.3, 0.4) is 0 Å². The maximum atomic E-state index is 6.28. The number of thiophene rings is 1. The second kappa shape index (κ2) is 7.97. The summed E-state index contributed by atoms with van der Waals surface area (Å²) < 4.78 is 2.11. The van der Waals surface area contributed by atoms with Crippen LogP contribution >= 0.6 is 22.9 Å². The summed E-state index contributed by atoms with van der Waals surface area (Å²) in [6.07, 6.45) is 5.21. The standard InChI is InChI=1S/C16H24ClN3S/c1-4-13(5-2)20-9-7-12(19-20)11-15(18-6-3)16-14(17)8-10-21-16/h7-10,13,15,18H,4-6,11H2,1-3H3. The lowest BCUT2D eigenvalue weighted by atomic mass is 10.1. The number of aromatic nitrogens is 2. The van der Waals surface area contributed by atoms with Gasteiger partial charge in [-0.2, -0.15) is 5.10 Å². The molecule has 2 rings (SSSR count). The molecule has 2 aromatic heterocycles. The van der Waals surface area contributed by atoms with E-state index in [0.29, 0.717) is 6.04 Å². The van der Waals surface area contributed by atoms with Crippen molar-refractivity contribution in [1.29, 1.82) is 0 Å². The molecule has 3 nitrogen and oxygen atoms in total. The van der Waals surface area contributed by atoms with Crippen LogP contribution in [0.15, 0.2) is 23.7 Å². The van der Waals surface area contributed by atoms with Crippen LogP contribution in [0.25, 0.3) is 0 Å². The van der Waals surface area contributed by atoms with Gasteiger partial charge in [-0.1, -0.05) is 32.4 Å². The van der Waals surface area contributed by atoms with E-state index in [1.165, 1.54) is 4.88 Å². The van der Waals surface area contributed by atoms with Crippen molar-refractivity contribution in [3.05, 3.63) is 39.3 Å². The quantitative estimate of drug-likeness (QED) is 0.751. The molecule has 0 saturated heterocycles. The minimum atomic E-state index is 0.243. The molecule has 0 fully saturated rings. The van der Waals surface area contributed by atoms with E-state index in [2.05, 4.69) is 43.0 Å². The molecule has 0 radical (unpaired) electrons. The summed E-state index contributed by atoms with van der Waals surface area (Å²) in [6.45, 7) is 7.47. The van der Waals surface area contributed by atoms with Crippen LogP contribution in [0.4, 0.5) is 0 Å². The van der Waals surface area contributed by atoms with E-state index >= 15 is 0 Å². The Hall–Kier alpha value is -0.840. The Balaban J connectivity index is 2.12. The molecule has 0 saturated carbocycles. The fraction of sp³-hybridized carbons (Fsp3) is 0.562. The Bertz CT molecular complexity index is 545. The number of likely N-dealkylation sites (N-methyl/N-ethyl adjacent to an activating group) is 1. The van der Waals surface area contributed by atoms with Gasteiger partial charge in [0.05, 0.1) is 16.8 Å². The van der Waals surface area contributed by atoms with E-state index in [0.717, 1.165) is 36.5 Å². The third kappa shape index (κ3) is 4.09. The van der Waals surface area contributed by atoms with Gasteiger partial charge in [-0.25, -0.2) is 0 Å². The first-order valence-electron chi connectivity index (χ1n) is 7.69. The van der Waals surface area contributed by atoms with Gasteiger partial charge in [-0.3, -0.25) is 4.68 Å². The lowest BCUT2D eigenvalue weighted by molar-refractivity contribution is 0.423. The summed E-state index contributed by atoms with van der Waals surface area (Å²) >= 11 is 7.99. The third-order valence-corrected chi connectivity index (χ3v) is 5.28. The monoisotopic (exact) mass is 325 g/mol. The van der Waals surface area contributed by atoms with Crippen molar-refractivity contribution < 1.29 is 0 Å². The van der Waals surface area contributed by atoms with Crippen LogP contribution in [0.2, 0.25) is 5.02 Å². The number of rotatable bonds is 8. The molecule has 116 valence electrons. The molecule has 1 atom stereocenters. The van der Waals surface area contributed by atoms with Crippen molar-refractivity contribution in [2.45, 2.75) is 52.1 Å². The molecular weight excluding hydrogens is 302 g/mol. The summed E-state index contributed by atoms with van der Waals surface area (Å²) in [5, 5.41) is 11.2. The van der Waals surface area contributed by atoms with Gasteiger partial charge in [0.15, 0.2) is 0 Å². The molecule has 2 heterocycles. The van der Waals surface area contributed by atoms with E-state index in [1.807, 2.05) is 11.4 Å². The number of hydrogen-bond donors (Lipinski definition) is 1. The van der Waals surface area contributed by atoms with Gasteiger partial charge in [-0.05, 0) is 36.9 Å². The predicted octanol–water partition coefficient (Wildman–Crippen LogP) is 4.85. The van der Waals surface area contributed by atoms with Crippen molar-refractivity contribution in [2.24, 2.45) is 0 Å². The smallest absolute Gasteiger partial charge is 0.0644 e. The average molecular weight is 326 g/mol. The molecule has 0 bridgehead atoms. The van der Waals surface area contributed by atoms with E-state index in [9.17, 15) is 0 Å². The van der Waals surface area contributed by atoms with Crippen LogP contribution in [-0.2, 0) is 6.42 Å². The number of hydrogen-bond acceptors (Lipinski definition) is 3. The van der Waals surface area contributed by atoms with Gasteiger partial charge in [0, 0.05) is 23.5 Å². The Kier molecular flexibility index (Phi) is 6.27. The van der Waals surface area contributed by atoms with E-state index in [4.69, 9.17) is 16.7 Å². The molecule has 1 unspecified atom stereocenters. The Morgan fingerprint density at radius 2 is 2.05 bits per heavy atom. The van der Waals surface area contributed by atoms with Gasteiger partial charge in [0.2, 0.25) is 0 Å². The molecule has 0 aliphatic rings. The van der Waals surface area contributed by atoms with Crippen molar-refractivity contribution >= 4 is 22.9 Å². The third-order valence-electron chi connectivity index (χ3n) is 3.81. The van der Waals surface area contributed by atoms with Gasteiger partial charge in [-0.15, -0.1) is 11.3 Å². The first kappa shape index (κ1) is 16.5. The normalized spacial score (nSPS) is 13.0. The minimum Gasteiger partial charge on any atom is -0.309 e. The zero-order valence-corrected chi connectivity index (χ0v) is 14.5. The van der Waals surface area contributed by atoms with Crippen LogP contribution in [0.5, 0.6) is 0 Å². The fourth-order valence-corrected chi connectivity index (χ4v) is 3.88. The highest BCUT2D eigenvalue weighted by atomic mass is 35.5. The van der Waals surface area contributed by atoms with Crippen molar-refractivity contribution in [2.75, 3.05) is 6.54 Å². The van der Waals surface area contributed by atoms with Gasteiger partial charge < -0.3 is 5.32 Å². The Labute approximate surface area is 136 Å². The first-order valence-corrected chi connectivity index (χ1v) is 8.95. The zero-order valence-electron chi connectivity index (χ0n) is 13.0. The van der Waals surface area contributed by atoms with Crippen molar-refractivity contribution in [1.82, 2.24) is 15.1 Å². The molecule has 21 heavy (non-hydrogen) atoms. The molecule has 0 amide bonds. The summed E-state index contributed by atoms with van der Waals surface area (Å²) in [5.74, 6) is 0. The number of nitrogens with one attached hydrogen (secondary N) is 1. The SMILES string of the molecule is CCNC(Cc1ccn(C(CC)CC)n1)c1sccc1Cl.